The third kappa shape index (κ3) is 3.92. The lowest BCUT2D eigenvalue weighted by Crippen LogP contribution is -2.36. The van der Waals surface area contributed by atoms with Gasteiger partial charge in [-0.2, -0.15) is 11.8 Å². The van der Waals surface area contributed by atoms with E-state index >= 15 is 0 Å². The summed E-state index contributed by atoms with van der Waals surface area (Å²) in [7, 11) is 0. The summed E-state index contributed by atoms with van der Waals surface area (Å²) < 4.78 is 0.228. The van der Waals surface area contributed by atoms with E-state index in [-0.39, 0.29) is 22.9 Å². The molecule has 1 heterocycles. The maximum absolute atomic E-state index is 11.8. The van der Waals surface area contributed by atoms with Gasteiger partial charge in [0.05, 0.1) is 6.42 Å². The van der Waals surface area contributed by atoms with E-state index in [0.717, 1.165) is 25.3 Å². The molecule has 16 heavy (non-hydrogen) atoms. The number of rotatable bonds is 2. The smallest absolute Gasteiger partial charge is 0.230 e. The number of nitrogens with two attached hydrogens (primary N) is 1. The van der Waals surface area contributed by atoms with Crippen molar-refractivity contribution in [2.75, 3.05) is 18.8 Å². The summed E-state index contributed by atoms with van der Waals surface area (Å²) in [6.45, 7) is 5.87. The molecule has 5 nitrogen and oxygen atoms in total. The van der Waals surface area contributed by atoms with Crippen LogP contribution in [0.25, 0.3) is 0 Å². The summed E-state index contributed by atoms with van der Waals surface area (Å²) in [5.74, 6) is 0.851. The number of hydrogen-bond acceptors (Lipinski definition) is 4. The molecule has 0 aromatic carbocycles. The normalized spacial score (nSPS) is 21.6. The van der Waals surface area contributed by atoms with Crippen LogP contribution in [0.3, 0.4) is 0 Å². The van der Waals surface area contributed by atoms with Gasteiger partial charge in [0.15, 0.2) is 0 Å². The van der Waals surface area contributed by atoms with E-state index in [1.165, 1.54) is 0 Å². The van der Waals surface area contributed by atoms with Gasteiger partial charge in [0.1, 0.15) is 5.84 Å². The Morgan fingerprint density at radius 3 is 2.88 bits per heavy atom. The maximum Gasteiger partial charge on any atom is 0.230 e. The fourth-order valence-corrected chi connectivity index (χ4v) is 2.67. The highest BCUT2D eigenvalue weighted by Crippen LogP contribution is 2.30. The van der Waals surface area contributed by atoms with Crippen LogP contribution in [0.4, 0.5) is 0 Å². The Bertz CT molecular complexity index is 292. The average Bonchev–Trinajstić information content (AvgIpc) is 2.39. The van der Waals surface area contributed by atoms with E-state index in [0.29, 0.717) is 0 Å². The first-order valence-corrected chi connectivity index (χ1v) is 6.31. The van der Waals surface area contributed by atoms with Crippen LogP contribution in [0.15, 0.2) is 5.16 Å². The fourth-order valence-electron chi connectivity index (χ4n) is 1.57. The van der Waals surface area contributed by atoms with Crippen LogP contribution < -0.4 is 5.73 Å². The van der Waals surface area contributed by atoms with Crippen LogP contribution in [0.5, 0.6) is 0 Å². The largest absolute Gasteiger partial charge is 0.409 e. The lowest BCUT2D eigenvalue weighted by atomic mass is 10.1. The van der Waals surface area contributed by atoms with Gasteiger partial charge >= 0.3 is 0 Å². The predicted octanol–water partition coefficient (Wildman–Crippen LogP) is 0.867. The van der Waals surface area contributed by atoms with E-state index < -0.39 is 0 Å². The van der Waals surface area contributed by atoms with Crippen molar-refractivity contribution < 1.29 is 10.0 Å². The summed E-state index contributed by atoms with van der Waals surface area (Å²) in [6.07, 6.45) is 0.973. The van der Waals surface area contributed by atoms with Gasteiger partial charge in [0.2, 0.25) is 5.91 Å². The Balaban J connectivity index is 2.51. The van der Waals surface area contributed by atoms with Gasteiger partial charge in [-0.3, -0.25) is 4.79 Å². The van der Waals surface area contributed by atoms with E-state index in [1.54, 1.807) is 4.90 Å². The van der Waals surface area contributed by atoms with E-state index in [9.17, 15) is 4.79 Å². The molecular weight excluding hydrogens is 226 g/mol. The molecule has 0 radical (unpaired) electrons. The SMILES string of the molecule is CC1(C)CCN(C(=O)CC(N)=NO)CCS1. The van der Waals surface area contributed by atoms with Crippen LogP contribution in [-0.4, -0.2) is 45.4 Å². The zero-order valence-electron chi connectivity index (χ0n) is 9.77. The zero-order chi connectivity index (χ0) is 12.2. The number of thioether (sulfide) groups is 1. The minimum Gasteiger partial charge on any atom is -0.409 e. The highest BCUT2D eigenvalue weighted by Gasteiger charge is 2.26. The van der Waals surface area contributed by atoms with Crippen molar-refractivity contribution >= 4 is 23.5 Å². The van der Waals surface area contributed by atoms with Crippen molar-refractivity contribution in [1.82, 2.24) is 4.90 Å². The first kappa shape index (κ1) is 13.2. The van der Waals surface area contributed by atoms with Crippen LogP contribution in [0.2, 0.25) is 0 Å². The van der Waals surface area contributed by atoms with Gasteiger partial charge in [0, 0.05) is 23.6 Å². The Morgan fingerprint density at radius 1 is 1.56 bits per heavy atom. The second kappa shape index (κ2) is 5.43. The second-order valence-corrected chi connectivity index (χ2v) is 6.31. The maximum atomic E-state index is 11.8. The molecule has 0 bridgehead atoms. The molecule has 1 rings (SSSR count). The Hall–Kier alpha value is -0.910. The number of carbonyl (C=O) groups is 1. The van der Waals surface area contributed by atoms with Gasteiger partial charge in [-0.05, 0) is 6.42 Å². The molecule has 0 spiro atoms. The summed E-state index contributed by atoms with van der Waals surface area (Å²) in [4.78, 5) is 13.6. The Kier molecular flexibility index (Phi) is 4.46. The minimum atomic E-state index is -0.0615. The summed E-state index contributed by atoms with van der Waals surface area (Å²) in [5, 5.41) is 11.2. The number of carbonyl (C=O) groups excluding carboxylic acids is 1. The third-order valence-corrected chi connectivity index (χ3v) is 4.02. The molecule has 92 valence electrons. The molecule has 1 fully saturated rings. The molecular formula is C10H19N3O2S. The highest BCUT2D eigenvalue weighted by molar-refractivity contribution is 8.00. The van der Waals surface area contributed by atoms with E-state index in [4.69, 9.17) is 10.9 Å². The number of oxime groups is 1. The quantitative estimate of drug-likeness (QED) is 0.327. The molecule has 6 heteroatoms. The van der Waals surface area contributed by atoms with E-state index in [1.807, 2.05) is 11.8 Å². The average molecular weight is 245 g/mol. The van der Waals surface area contributed by atoms with Gasteiger partial charge < -0.3 is 15.8 Å². The Labute approximate surface area is 100 Å². The number of nitrogens with zero attached hydrogens (tertiary/aromatic N) is 2. The van der Waals surface area contributed by atoms with Crippen LogP contribution in [0, 0.1) is 0 Å². The number of hydrogen-bond donors (Lipinski definition) is 2. The molecule has 3 N–H and O–H groups in total. The molecule has 1 aliphatic heterocycles. The van der Waals surface area contributed by atoms with Crippen LogP contribution in [-0.2, 0) is 4.79 Å². The topological polar surface area (TPSA) is 78.9 Å². The molecule has 1 aliphatic rings. The van der Waals surface area contributed by atoms with Crippen LogP contribution in [0.1, 0.15) is 26.7 Å². The van der Waals surface area contributed by atoms with Crippen molar-refractivity contribution in [3.05, 3.63) is 0 Å². The van der Waals surface area contributed by atoms with Gasteiger partial charge in [-0.1, -0.05) is 19.0 Å². The van der Waals surface area contributed by atoms with Crippen molar-refractivity contribution in [3.63, 3.8) is 0 Å². The molecule has 0 aliphatic carbocycles. The molecule has 0 saturated carbocycles. The Morgan fingerprint density at radius 2 is 2.25 bits per heavy atom. The summed E-state index contributed by atoms with van der Waals surface area (Å²) >= 11 is 1.88. The summed E-state index contributed by atoms with van der Waals surface area (Å²) in [5.41, 5.74) is 5.32. The first-order chi connectivity index (χ1) is 7.44. The number of amidine groups is 1. The van der Waals surface area contributed by atoms with Crippen molar-refractivity contribution in [2.45, 2.75) is 31.4 Å². The minimum absolute atomic E-state index is 0.00158. The standard InChI is InChI=1S/C10H19N3O2S/c1-10(2)3-4-13(5-6-16-10)9(14)7-8(11)12-15/h15H,3-7H2,1-2H3,(H2,11,12). The van der Waals surface area contributed by atoms with E-state index in [2.05, 4.69) is 19.0 Å². The molecule has 0 aromatic heterocycles. The van der Waals surface area contributed by atoms with Gasteiger partial charge in [0.25, 0.3) is 0 Å². The van der Waals surface area contributed by atoms with Crippen molar-refractivity contribution in [3.8, 4) is 0 Å². The molecule has 0 atom stereocenters. The lowest BCUT2D eigenvalue weighted by molar-refractivity contribution is -0.129. The van der Waals surface area contributed by atoms with Gasteiger partial charge in [-0.25, -0.2) is 0 Å². The first-order valence-electron chi connectivity index (χ1n) is 5.33. The highest BCUT2D eigenvalue weighted by atomic mass is 32.2. The molecule has 1 amide bonds. The second-order valence-electron chi connectivity index (χ2n) is 4.51. The van der Waals surface area contributed by atoms with Crippen LogP contribution >= 0.6 is 11.8 Å². The monoisotopic (exact) mass is 245 g/mol. The lowest BCUT2D eigenvalue weighted by Gasteiger charge is -2.22. The molecule has 1 saturated heterocycles. The zero-order valence-corrected chi connectivity index (χ0v) is 10.6. The predicted molar refractivity (Wildman–Crippen MR) is 65.8 cm³/mol. The molecule has 0 unspecified atom stereocenters. The van der Waals surface area contributed by atoms with Crippen molar-refractivity contribution in [2.24, 2.45) is 10.9 Å². The third-order valence-electron chi connectivity index (χ3n) is 2.65. The van der Waals surface area contributed by atoms with Crippen molar-refractivity contribution in [1.29, 1.82) is 0 Å². The summed E-state index contributed by atoms with van der Waals surface area (Å²) in [6, 6.07) is 0. The number of amides is 1. The fraction of sp³-hybridized carbons (Fsp3) is 0.800. The molecule has 0 aromatic rings. The van der Waals surface area contributed by atoms with Gasteiger partial charge in [-0.15, -0.1) is 0 Å².